The standard InChI is InChI=1S/C16H19F3N2O2/c1-2-3-6-12-7-4-10-21(12)14(22)11-20-9-5-8-13(15(20)23)16(17,18)19/h4-5,7-9,12H,2-3,6,10-11H2,1H3/t12-/m0/s1. The van der Waals surface area contributed by atoms with E-state index in [2.05, 4.69) is 0 Å². The molecule has 0 radical (unpaired) electrons. The van der Waals surface area contributed by atoms with Crippen molar-refractivity contribution >= 4 is 5.91 Å². The Morgan fingerprint density at radius 3 is 2.78 bits per heavy atom. The van der Waals surface area contributed by atoms with Gasteiger partial charge in [-0.25, -0.2) is 0 Å². The van der Waals surface area contributed by atoms with Crippen molar-refractivity contribution in [3.05, 3.63) is 46.4 Å². The van der Waals surface area contributed by atoms with Crippen LogP contribution in [0, 0.1) is 0 Å². The van der Waals surface area contributed by atoms with Gasteiger partial charge >= 0.3 is 6.18 Å². The normalized spacial score (nSPS) is 17.7. The van der Waals surface area contributed by atoms with Gasteiger partial charge in [0.15, 0.2) is 0 Å². The summed E-state index contributed by atoms with van der Waals surface area (Å²) in [4.78, 5) is 25.8. The summed E-state index contributed by atoms with van der Waals surface area (Å²) in [5, 5.41) is 0. The number of pyridine rings is 1. The summed E-state index contributed by atoms with van der Waals surface area (Å²) in [6, 6.07) is 1.82. The number of rotatable bonds is 5. The Labute approximate surface area is 132 Å². The third-order valence-corrected chi connectivity index (χ3v) is 3.87. The van der Waals surface area contributed by atoms with Crippen molar-refractivity contribution < 1.29 is 18.0 Å². The van der Waals surface area contributed by atoms with Crippen LogP contribution in [0.3, 0.4) is 0 Å². The number of nitrogens with zero attached hydrogens (tertiary/aromatic N) is 2. The molecule has 0 unspecified atom stereocenters. The number of hydrogen-bond acceptors (Lipinski definition) is 2. The van der Waals surface area contributed by atoms with Gasteiger partial charge < -0.3 is 9.47 Å². The molecule has 126 valence electrons. The topological polar surface area (TPSA) is 42.3 Å². The molecule has 2 heterocycles. The number of unbranched alkanes of at least 4 members (excludes halogenated alkanes) is 1. The van der Waals surface area contributed by atoms with Gasteiger partial charge in [-0.1, -0.05) is 31.9 Å². The fourth-order valence-corrected chi connectivity index (χ4v) is 2.64. The number of carbonyl (C=O) groups is 1. The molecular weight excluding hydrogens is 309 g/mol. The van der Waals surface area contributed by atoms with Gasteiger partial charge in [0, 0.05) is 12.7 Å². The summed E-state index contributed by atoms with van der Waals surface area (Å²) >= 11 is 0. The SMILES string of the molecule is CCCC[C@H]1C=CCN1C(=O)Cn1cccc(C(F)(F)F)c1=O. The van der Waals surface area contributed by atoms with Crippen molar-refractivity contribution in [2.24, 2.45) is 0 Å². The van der Waals surface area contributed by atoms with Crippen LogP contribution in [0.2, 0.25) is 0 Å². The maximum absolute atomic E-state index is 12.7. The highest BCUT2D eigenvalue weighted by Gasteiger charge is 2.34. The number of alkyl halides is 3. The highest BCUT2D eigenvalue weighted by molar-refractivity contribution is 5.77. The predicted octanol–water partition coefficient (Wildman–Crippen LogP) is 2.82. The molecule has 0 aliphatic carbocycles. The molecule has 1 amide bonds. The predicted molar refractivity (Wildman–Crippen MR) is 79.9 cm³/mol. The third-order valence-electron chi connectivity index (χ3n) is 3.87. The van der Waals surface area contributed by atoms with Crippen molar-refractivity contribution in [1.82, 2.24) is 9.47 Å². The monoisotopic (exact) mass is 328 g/mol. The summed E-state index contributed by atoms with van der Waals surface area (Å²) in [6.07, 6.45) is 3.07. The first kappa shape index (κ1) is 17.3. The van der Waals surface area contributed by atoms with E-state index in [0.29, 0.717) is 6.54 Å². The molecule has 1 aliphatic heterocycles. The van der Waals surface area contributed by atoms with Crippen molar-refractivity contribution in [2.75, 3.05) is 6.54 Å². The second-order valence-corrected chi connectivity index (χ2v) is 5.54. The fraction of sp³-hybridized carbons (Fsp3) is 0.500. The van der Waals surface area contributed by atoms with Crippen LogP contribution in [-0.2, 0) is 17.5 Å². The molecule has 0 saturated carbocycles. The minimum absolute atomic E-state index is 0.0380. The molecule has 0 fully saturated rings. The lowest BCUT2D eigenvalue weighted by Gasteiger charge is -2.25. The smallest absolute Gasteiger partial charge is 0.331 e. The maximum atomic E-state index is 12.7. The van der Waals surface area contributed by atoms with Gasteiger partial charge in [0.1, 0.15) is 12.1 Å². The van der Waals surface area contributed by atoms with Crippen LogP contribution in [0.5, 0.6) is 0 Å². The van der Waals surface area contributed by atoms with E-state index in [1.165, 1.54) is 6.20 Å². The van der Waals surface area contributed by atoms with Crippen LogP contribution in [0.4, 0.5) is 13.2 Å². The van der Waals surface area contributed by atoms with Crippen molar-refractivity contribution in [3.63, 3.8) is 0 Å². The van der Waals surface area contributed by atoms with Crippen molar-refractivity contribution in [2.45, 2.75) is 44.9 Å². The summed E-state index contributed by atoms with van der Waals surface area (Å²) < 4.78 is 39.1. The fourth-order valence-electron chi connectivity index (χ4n) is 2.64. The van der Waals surface area contributed by atoms with Crippen molar-refractivity contribution in [3.8, 4) is 0 Å². The Kier molecular flexibility index (Phi) is 5.28. The third kappa shape index (κ3) is 4.03. The molecule has 0 N–H and O–H groups in total. The molecule has 1 aliphatic rings. The first-order valence-corrected chi connectivity index (χ1v) is 7.57. The average Bonchev–Trinajstić information content (AvgIpc) is 2.94. The second kappa shape index (κ2) is 7.02. The van der Waals surface area contributed by atoms with Gasteiger partial charge in [-0.2, -0.15) is 13.2 Å². The van der Waals surface area contributed by atoms with Crippen LogP contribution in [0.25, 0.3) is 0 Å². The van der Waals surface area contributed by atoms with Gasteiger partial charge in [0.2, 0.25) is 5.91 Å². The highest BCUT2D eigenvalue weighted by atomic mass is 19.4. The zero-order valence-electron chi connectivity index (χ0n) is 12.8. The quantitative estimate of drug-likeness (QED) is 0.780. The molecular formula is C16H19F3N2O2. The zero-order chi connectivity index (χ0) is 17.0. The Balaban J connectivity index is 2.13. The van der Waals surface area contributed by atoms with E-state index >= 15 is 0 Å². The van der Waals surface area contributed by atoms with Crippen LogP contribution in [0.1, 0.15) is 31.7 Å². The number of carbonyl (C=O) groups excluding carboxylic acids is 1. The van der Waals surface area contributed by atoms with Gasteiger partial charge in [-0.15, -0.1) is 0 Å². The molecule has 1 atom stereocenters. The molecule has 1 aromatic rings. The summed E-state index contributed by atoms with van der Waals surface area (Å²) in [7, 11) is 0. The van der Waals surface area contributed by atoms with E-state index in [4.69, 9.17) is 0 Å². The minimum Gasteiger partial charge on any atom is -0.331 e. The van der Waals surface area contributed by atoms with Crippen LogP contribution in [0.15, 0.2) is 35.3 Å². The highest BCUT2D eigenvalue weighted by Crippen LogP contribution is 2.26. The lowest BCUT2D eigenvalue weighted by Crippen LogP contribution is -2.40. The molecule has 0 aromatic carbocycles. The van der Waals surface area contributed by atoms with Crippen LogP contribution < -0.4 is 5.56 Å². The zero-order valence-corrected chi connectivity index (χ0v) is 12.8. The van der Waals surface area contributed by atoms with Gasteiger partial charge in [-0.3, -0.25) is 9.59 Å². The number of aromatic nitrogens is 1. The molecule has 0 bridgehead atoms. The van der Waals surface area contributed by atoms with E-state index in [1.807, 2.05) is 19.1 Å². The lowest BCUT2D eigenvalue weighted by molar-refractivity contribution is -0.139. The molecule has 0 spiro atoms. The summed E-state index contributed by atoms with van der Waals surface area (Å²) in [5.41, 5.74) is -2.44. The lowest BCUT2D eigenvalue weighted by atomic mass is 10.1. The molecule has 0 saturated heterocycles. The van der Waals surface area contributed by atoms with E-state index < -0.39 is 17.3 Å². The number of hydrogen-bond donors (Lipinski definition) is 0. The van der Waals surface area contributed by atoms with Gasteiger partial charge in [0.25, 0.3) is 5.56 Å². The van der Waals surface area contributed by atoms with E-state index in [-0.39, 0.29) is 18.5 Å². The number of amides is 1. The largest absolute Gasteiger partial charge is 0.421 e. The Morgan fingerprint density at radius 1 is 1.39 bits per heavy atom. The minimum atomic E-state index is -4.72. The summed E-state index contributed by atoms with van der Waals surface area (Å²) in [5.74, 6) is -0.350. The molecule has 23 heavy (non-hydrogen) atoms. The van der Waals surface area contributed by atoms with Crippen LogP contribution >= 0.6 is 0 Å². The Bertz CT molecular complexity index is 649. The first-order valence-electron chi connectivity index (χ1n) is 7.57. The van der Waals surface area contributed by atoms with Gasteiger partial charge in [0.05, 0.1) is 6.04 Å². The molecule has 1 aromatic heterocycles. The Morgan fingerprint density at radius 2 is 2.13 bits per heavy atom. The molecule has 2 rings (SSSR count). The maximum Gasteiger partial charge on any atom is 0.421 e. The Hall–Kier alpha value is -2.05. The first-order chi connectivity index (χ1) is 10.8. The average molecular weight is 328 g/mol. The molecule has 7 heteroatoms. The van der Waals surface area contributed by atoms with Gasteiger partial charge in [-0.05, 0) is 18.6 Å². The summed E-state index contributed by atoms with van der Waals surface area (Å²) in [6.45, 7) is 2.10. The van der Waals surface area contributed by atoms with E-state index in [9.17, 15) is 22.8 Å². The second-order valence-electron chi connectivity index (χ2n) is 5.54. The van der Waals surface area contributed by atoms with E-state index in [0.717, 1.165) is 36.0 Å². The van der Waals surface area contributed by atoms with Crippen LogP contribution in [-0.4, -0.2) is 28.0 Å². The van der Waals surface area contributed by atoms with E-state index in [1.54, 1.807) is 4.90 Å². The van der Waals surface area contributed by atoms with Crippen molar-refractivity contribution in [1.29, 1.82) is 0 Å². The number of halogens is 3. The molecule has 4 nitrogen and oxygen atoms in total.